The molecule has 2 aromatic carbocycles. The summed E-state index contributed by atoms with van der Waals surface area (Å²) in [5.41, 5.74) is 5.00. The van der Waals surface area contributed by atoms with Crippen LogP contribution in [0.4, 0.5) is 5.69 Å². The van der Waals surface area contributed by atoms with Crippen LogP contribution in [0.3, 0.4) is 0 Å². The monoisotopic (exact) mass is 515 g/mol. The van der Waals surface area contributed by atoms with E-state index in [1.807, 2.05) is 42.9 Å². The first kappa shape index (κ1) is 28.3. The van der Waals surface area contributed by atoms with Gasteiger partial charge < -0.3 is 19.7 Å². The van der Waals surface area contributed by atoms with Gasteiger partial charge in [0.1, 0.15) is 11.8 Å². The smallest absolute Gasteiger partial charge is 0.290 e. The van der Waals surface area contributed by atoms with Crippen molar-refractivity contribution < 1.29 is 14.6 Å². The van der Waals surface area contributed by atoms with Crippen molar-refractivity contribution in [3.05, 3.63) is 66.5 Å². The summed E-state index contributed by atoms with van der Waals surface area (Å²) >= 11 is 0. The molecule has 0 atom stereocenters. The normalized spacial score (nSPS) is 12.1. The van der Waals surface area contributed by atoms with Crippen molar-refractivity contribution in [3.8, 4) is 23.1 Å². The first-order valence-electron chi connectivity index (χ1n) is 13.2. The summed E-state index contributed by atoms with van der Waals surface area (Å²) in [6, 6.07) is 19.8. The summed E-state index contributed by atoms with van der Waals surface area (Å²) in [6.45, 7) is 9.46. The Balaban J connectivity index is 0.000000748. The van der Waals surface area contributed by atoms with Crippen molar-refractivity contribution in [2.24, 2.45) is 0 Å². The van der Waals surface area contributed by atoms with Crippen LogP contribution in [-0.4, -0.2) is 38.6 Å². The number of anilines is 1. The second kappa shape index (κ2) is 13.9. The minimum atomic E-state index is -0.250. The van der Waals surface area contributed by atoms with Crippen molar-refractivity contribution in [3.63, 3.8) is 0 Å². The van der Waals surface area contributed by atoms with Crippen molar-refractivity contribution in [1.29, 1.82) is 5.26 Å². The molecule has 0 unspecified atom stereocenters. The Hall–Kier alpha value is -4.25. The summed E-state index contributed by atoms with van der Waals surface area (Å²) in [5.74, 6) is 0.842. The first-order chi connectivity index (χ1) is 18.5. The van der Waals surface area contributed by atoms with E-state index in [1.165, 1.54) is 0 Å². The molecule has 0 amide bonds. The first-order valence-corrected chi connectivity index (χ1v) is 13.2. The molecule has 1 saturated carbocycles. The summed E-state index contributed by atoms with van der Waals surface area (Å²) < 4.78 is 10.3. The predicted molar refractivity (Wildman–Crippen MR) is 151 cm³/mol. The SMILES string of the molecule is CC.CC(C)Nc1ccc(-c2c(C#N)c3ccc(OCCCn4cccn4)cc3n2C2CC2)cc1.O=CO. The standard InChI is InChI=1S/C27H29N5O.C2H6.CH2O2/c1-19(2)30-21-7-5-20(6-8-21)27-25(18-28)24-12-11-23(17-26(24)32(27)22-9-10-22)33-16-4-15-31-14-3-13-29-31;1-2;2-1-3/h3,5-8,11-14,17,19,22,30H,4,9-10,15-16H2,1-2H3;1-2H3;1H,(H,2,3). The molecule has 4 aromatic rings. The molecule has 0 spiro atoms. The van der Waals surface area contributed by atoms with Crippen LogP contribution in [0.2, 0.25) is 0 Å². The molecule has 0 saturated heterocycles. The van der Waals surface area contributed by atoms with Crippen LogP contribution in [-0.2, 0) is 11.3 Å². The van der Waals surface area contributed by atoms with E-state index in [0.717, 1.165) is 65.0 Å². The number of hydrogen-bond donors (Lipinski definition) is 2. The number of carbonyl (C=O) groups is 1. The minimum Gasteiger partial charge on any atom is -0.493 e. The molecule has 2 aromatic heterocycles. The van der Waals surface area contributed by atoms with Crippen LogP contribution in [0.15, 0.2) is 60.9 Å². The highest BCUT2D eigenvalue weighted by Gasteiger charge is 2.30. The highest BCUT2D eigenvalue weighted by Crippen LogP contribution is 2.45. The minimum absolute atomic E-state index is 0.250. The van der Waals surface area contributed by atoms with Crippen molar-refractivity contribution >= 4 is 23.1 Å². The number of aromatic nitrogens is 3. The third-order valence-corrected chi connectivity index (χ3v) is 5.97. The molecule has 8 heteroatoms. The van der Waals surface area contributed by atoms with E-state index in [-0.39, 0.29) is 6.47 Å². The molecule has 0 aliphatic heterocycles. The van der Waals surface area contributed by atoms with Crippen LogP contribution in [0.5, 0.6) is 5.75 Å². The molecular weight excluding hydrogens is 478 g/mol. The summed E-state index contributed by atoms with van der Waals surface area (Å²) in [6.07, 6.45) is 6.92. The lowest BCUT2D eigenvalue weighted by atomic mass is 10.1. The Bertz CT molecular complexity index is 1330. The van der Waals surface area contributed by atoms with E-state index in [2.05, 4.69) is 65.2 Å². The third-order valence-electron chi connectivity index (χ3n) is 5.97. The Kier molecular flexibility index (Phi) is 10.4. The molecule has 2 N–H and O–H groups in total. The number of ether oxygens (including phenoxy) is 1. The van der Waals surface area contributed by atoms with Crippen molar-refractivity contribution in [2.75, 3.05) is 11.9 Å². The number of rotatable bonds is 9. The van der Waals surface area contributed by atoms with E-state index in [4.69, 9.17) is 14.6 Å². The summed E-state index contributed by atoms with van der Waals surface area (Å²) in [4.78, 5) is 8.36. The maximum Gasteiger partial charge on any atom is 0.290 e. The van der Waals surface area contributed by atoms with Crippen LogP contribution < -0.4 is 10.1 Å². The van der Waals surface area contributed by atoms with E-state index in [1.54, 1.807) is 6.20 Å². The van der Waals surface area contributed by atoms with Gasteiger partial charge >= 0.3 is 0 Å². The molecule has 0 bridgehead atoms. The molecule has 0 radical (unpaired) electrons. The van der Waals surface area contributed by atoms with E-state index in [9.17, 15) is 5.26 Å². The van der Waals surface area contributed by atoms with Crippen LogP contribution >= 0.6 is 0 Å². The van der Waals surface area contributed by atoms with Gasteiger partial charge in [-0.3, -0.25) is 9.48 Å². The second-order valence-electron chi connectivity index (χ2n) is 9.07. The Labute approximate surface area is 224 Å². The molecule has 1 aliphatic carbocycles. The Morgan fingerprint density at radius 2 is 1.92 bits per heavy atom. The lowest BCUT2D eigenvalue weighted by Crippen LogP contribution is -2.09. The lowest BCUT2D eigenvalue weighted by molar-refractivity contribution is -0.122. The molecule has 8 nitrogen and oxygen atoms in total. The zero-order valence-corrected chi connectivity index (χ0v) is 22.6. The molecule has 38 heavy (non-hydrogen) atoms. The van der Waals surface area contributed by atoms with Crippen molar-refractivity contribution in [1.82, 2.24) is 14.3 Å². The molecule has 5 rings (SSSR count). The lowest BCUT2D eigenvalue weighted by Gasteiger charge is -2.13. The van der Waals surface area contributed by atoms with Gasteiger partial charge in [-0.25, -0.2) is 0 Å². The third kappa shape index (κ3) is 6.94. The number of nitriles is 1. The number of nitrogens with zero attached hydrogens (tertiary/aromatic N) is 4. The summed E-state index contributed by atoms with van der Waals surface area (Å²) in [7, 11) is 0. The largest absolute Gasteiger partial charge is 0.493 e. The van der Waals surface area contributed by atoms with Gasteiger partial charge in [0.2, 0.25) is 0 Å². The molecule has 2 heterocycles. The maximum atomic E-state index is 10.1. The van der Waals surface area contributed by atoms with Gasteiger partial charge in [0.15, 0.2) is 0 Å². The highest BCUT2D eigenvalue weighted by atomic mass is 16.5. The van der Waals surface area contributed by atoms with E-state index in [0.29, 0.717) is 18.7 Å². The van der Waals surface area contributed by atoms with Gasteiger partial charge in [-0.15, -0.1) is 0 Å². The van der Waals surface area contributed by atoms with Gasteiger partial charge in [0.25, 0.3) is 6.47 Å². The number of aryl methyl sites for hydroxylation is 1. The highest BCUT2D eigenvalue weighted by molar-refractivity contribution is 5.95. The van der Waals surface area contributed by atoms with Gasteiger partial charge in [0, 0.05) is 54.6 Å². The van der Waals surface area contributed by atoms with Crippen molar-refractivity contribution in [2.45, 2.75) is 65.6 Å². The fourth-order valence-corrected chi connectivity index (χ4v) is 4.40. The second-order valence-corrected chi connectivity index (χ2v) is 9.07. The number of fused-ring (bicyclic) bond motifs is 1. The molecule has 1 fully saturated rings. The zero-order chi connectivity index (χ0) is 27.5. The molecular formula is C30H37N5O3. The van der Waals surface area contributed by atoms with E-state index < -0.39 is 0 Å². The topological polar surface area (TPSA) is 105 Å². The predicted octanol–water partition coefficient (Wildman–Crippen LogP) is 6.73. The number of carboxylic acid groups (broad SMARTS) is 1. The zero-order valence-electron chi connectivity index (χ0n) is 22.6. The van der Waals surface area contributed by atoms with Gasteiger partial charge in [-0.2, -0.15) is 10.4 Å². The number of hydrogen-bond acceptors (Lipinski definition) is 5. The fraction of sp³-hybridized carbons (Fsp3) is 0.367. The number of nitrogens with one attached hydrogen (secondary N) is 1. The van der Waals surface area contributed by atoms with Crippen LogP contribution in [0, 0.1) is 11.3 Å². The van der Waals surface area contributed by atoms with Gasteiger partial charge in [0.05, 0.1) is 23.4 Å². The van der Waals surface area contributed by atoms with E-state index >= 15 is 0 Å². The Morgan fingerprint density at radius 3 is 2.50 bits per heavy atom. The van der Waals surface area contributed by atoms with Crippen LogP contribution in [0.25, 0.3) is 22.2 Å². The Morgan fingerprint density at radius 1 is 1.21 bits per heavy atom. The quantitative estimate of drug-likeness (QED) is 0.189. The van der Waals surface area contributed by atoms with Crippen LogP contribution in [0.1, 0.15) is 58.6 Å². The fourth-order valence-electron chi connectivity index (χ4n) is 4.40. The molecule has 1 aliphatic rings. The van der Waals surface area contributed by atoms with Gasteiger partial charge in [-0.05, 0) is 62.6 Å². The van der Waals surface area contributed by atoms with Gasteiger partial charge in [-0.1, -0.05) is 26.0 Å². The maximum absolute atomic E-state index is 10.1. The summed E-state index contributed by atoms with van der Waals surface area (Å²) in [5, 5.41) is 25.6. The average molecular weight is 516 g/mol. The molecule has 200 valence electrons. The number of benzene rings is 2. The average Bonchev–Trinajstić information content (AvgIpc) is 3.51.